The molecule has 0 saturated carbocycles. The Bertz CT molecular complexity index is 1750. The molecule has 1 aliphatic rings. The highest BCUT2D eigenvalue weighted by Crippen LogP contribution is 2.45. The van der Waals surface area contributed by atoms with Crippen LogP contribution in [0.3, 0.4) is 0 Å². The molecule has 5 aromatic rings. The van der Waals surface area contributed by atoms with Gasteiger partial charge in [-0.25, -0.2) is 4.98 Å². The molecule has 10 heteroatoms. The van der Waals surface area contributed by atoms with Gasteiger partial charge in [0, 0.05) is 10.4 Å². The third-order valence-electron chi connectivity index (χ3n) is 6.16. The van der Waals surface area contributed by atoms with E-state index in [1.807, 2.05) is 0 Å². The number of fused-ring (bicyclic) bond motifs is 2. The second kappa shape index (κ2) is 8.65. The molecule has 0 aliphatic carbocycles. The van der Waals surface area contributed by atoms with Crippen LogP contribution in [0.25, 0.3) is 21.2 Å². The maximum absolute atomic E-state index is 13.8. The number of methoxy groups -OCH3 is 1. The second-order valence-corrected chi connectivity index (χ2v) is 9.80. The van der Waals surface area contributed by atoms with Gasteiger partial charge < -0.3 is 19.4 Å². The monoisotopic (exact) mass is 532 g/mol. The molecule has 0 saturated heterocycles. The van der Waals surface area contributed by atoms with Crippen LogP contribution in [0, 0.1) is 0 Å². The molecule has 0 fully saturated rings. The highest BCUT2D eigenvalue weighted by molar-refractivity contribution is 7.22. The molecule has 184 valence electrons. The number of aromatic nitrogens is 1. The van der Waals surface area contributed by atoms with Gasteiger partial charge >= 0.3 is 0 Å². The molecule has 0 radical (unpaired) electrons. The lowest BCUT2D eigenvalue weighted by Gasteiger charge is -2.24. The van der Waals surface area contributed by atoms with E-state index < -0.39 is 23.5 Å². The number of furan rings is 1. The number of ketones is 1. The van der Waals surface area contributed by atoms with Crippen LogP contribution in [0.5, 0.6) is 11.5 Å². The van der Waals surface area contributed by atoms with Gasteiger partial charge in [0.15, 0.2) is 28.0 Å². The molecular weight excluding hydrogens is 516 g/mol. The fourth-order valence-electron chi connectivity index (χ4n) is 4.44. The van der Waals surface area contributed by atoms with E-state index in [-0.39, 0.29) is 22.2 Å². The minimum absolute atomic E-state index is 0.0136. The van der Waals surface area contributed by atoms with E-state index in [0.29, 0.717) is 32.8 Å². The Hall–Kier alpha value is -4.34. The number of hydrogen-bond acceptors (Lipinski definition) is 8. The number of phenols is 1. The molecule has 2 aromatic heterocycles. The predicted octanol–water partition coefficient (Wildman–Crippen LogP) is 6.19. The molecule has 3 heterocycles. The number of aliphatic hydroxyl groups excluding tert-OH is 1. The van der Waals surface area contributed by atoms with Crippen molar-refractivity contribution in [1.29, 1.82) is 0 Å². The number of benzene rings is 3. The van der Waals surface area contributed by atoms with Crippen LogP contribution < -0.4 is 9.64 Å². The number of amides is 1. The van der Waals surface area contributed by atoms with Crippen molar-refractivity contribution in [3.05, 3.63) is 94.4 Å². The van der Waals surface area contributed by atoms with Gasteiger partial charge in [-0.1, -0.05) is 47.2 Å². The summed E-state index contributed by atoms with van der Waals surface area (Å²) in [6.07, 6.45) is 0. The number of nitrogens with zero attached hydrogens (tertiary/aromatic N) is 2. The second-order valence-electron chi connectivity index (χ2n) is 8.36. The summed E-state index contributed by atoms with van der Waals surface area (Å²) in [5, 5.41) is 22.3. The van der Waals surface area contributed by atoms with Crippen LogP contribution in [-0.2, 0) is 4.79 Å². The number of carbonyl (C=O) groups is 2. The zero-order valence-electron chi connectivity index (χ0n) is 19.1. The predicted molar refractivity (Wildman–Crippen MR) is 140 cm³/mol. The molecule has 0 bridgehead atoms. The normalized spacial score (nSPS) is 15.8. The summed E-state index contributed by atoms with van der Waals surface area (Å²) in [4.78, 5) is 33.1. The number of hydrogen-bond donors (Lipinski definition) is 2. The number of thiazole rings is 1. The molecule has 3 aromatic carbocycles. The summed E-state index contributed by atoms with van der Waals surface area (Å²) >= 11 is 7.33. The Kier molecular flexibility index (Phi) is 5.40. The van der Waals surface area contributed by atoms with Gasteiger partial charge in [0.25, 0.3) is 5.91 Å². The van der Waals surface area contributed by atoms with Crippen molar-refractivity contribution >= 4 is 60.9 Å². The molecule has 2 N–H and O–H groups in total. The summed E-state index contributed by atoms with van der Waals surface area (Å²) < 4.78 is 11.9. The quantitative estimate of drug-likeness (QED) is 0.259. The number of ether oxygens (including phenoxy) is 1. The zero-order valence-corrected chi connectivity index (χ0v) is 20.7. The summed E-state index contributed by atoms with van der Waals surface area (Å²) in [6, 6.07) is 17.0. The number of carbonyl (C=O) groups excluding carboxylic acids is 2. The molecule has 1 unspecified atom stereocenters. The van der Waals surface area contributed by atoms with Gasteiger partial charge in [-0.3, -0.25) is 14.5 Å². The molecule has 1 amide bonds. The van der Waals surface area contributed by atoms with Gasteiger partial charge in [-0.2, -0.15) is 0 Å². The van der Waals surface area contributed by atoms with E-state index in [4.69, 9.17) is 20.8 Å². The summed E-state index contributed by atoms with van der Waals surface area (Å²) in [5.41, 5.74) is 1.32. The Morgan fingerprint density at radius 3 is 2.65 bits per heavy atom. The van der Waals surface area contributed by atoms with E-state index in [0.717, 1.165) is 4.70 Å². The third-order valence-corrected chi connectivity index (χ3v) is 7.41. The van der Waals surface area contributed by atoms with Crippen LogP contribution in [-0.4, -0.2) is 34.0 Å². The minimum atomic E-state index is -1.02. The molecule has 6 rings (SSSR count). The van der Waals surface area contributed by atoms with Crippen molar-refractivity contribution in [3.63, 3.8) is 0 Å². The summed E-state index contributed by atoms with van der Waals surface area (Å²) in [6.45, 7) is 0. The Labute approximate surface area is 218 Å². The fourth-order valence-corrected chi connectivity index (χ4v) is 5.71. The van der Waals surface area contributed by atoms with Crippen molar-refractivity contribution in [2.75, 3.05) is 12.0 Å². The number of halogens is 1. The van der Waals surface area contributed by atoms with Crippen molar-refractivity contribution in [1.82, 2.24) is 4.98 Å². The summed E-state index contributed by atoms with van der Waals surface area (Å²) in [7, 11) is 1.49. The SMILES string of the molecule is COc1cccc2cc(C(=O)C3=C(O)C(=O)N(c4nc5ccc(Cl)cc5s4)C3c3ccc(O)cc3)oc12. The fraction of sp³-hybridized carbons (Fsp3) is 0.0741. The summed E-state index contributed by atoms with van der Waals surface area (Å²) in [5.74, 6) is -1.74. The average Bonchev–Trinajstić information content (AvgIpc) is 3.58. The van der Waals surface area contributed by atoms with Crippen molar-refractivity contribution in [2.24, 2.45) is 0 Å². The standard InChI is InChI=1S/C27H17ClN2O6S/c1-35-18-4-2-3-14-11-19(36-25(14)18)23(32)21-22(13-5-8-16(31)9-6-13)30(26(34)24(21)33)27-29-17-10-7-15(28)12-20(17)37-27/h2-12,22,31,33H,1H3. The van der Waals surface area contributed by atoms with E-state index in [1.54, 1.807) is 54.6 Å². The number of aliphatic hydroxyl groups is 1. The third kappa shape index (κ3) is 3.71. The molecule has 1 aliphatic heterocycles. The molecule has 8 nitrogen and oxygen atoms in total. The van der Waals surface area contributed by atoms with Crippen LogP contribution in [0.4, 0.5) is 5.13 Å². The number of rotatable bonds is 5. The molecular formula is C27H17ClN2O6S. The van der Waals surface area contributed by atoms with Crippen LogP contribution in [0.1, 0.15) is 22.2 Å². The van der Waals surface area contributed by atoms with E-state index in [9.17, 15) is 19.8 Å². The van der Waals surface area contributed by atoms with Crippen LogP contribution in [0.15, 0.2) is 82.5 Å². The Balaban J connectivity index is 1.51. The Morgan fingerprint density at radius 2 is 1.89 bits per heavy atom. The number of para-hydroxylation sites is 1. The van der Waals surface area contributed by atoms with E-state index in [2.05, 4.69) is 4.98 Å². The minimum Gasteiger partial charge on any atom is -0.508 e. The number of Topliss-reactive ketones (excluding diaryl/α,β-unsaturated/α-hetero) is 1. The first-order valence-electron chi connectivity index (χ1n) is 11.1. The van der Waals surface area contributed by atoms with E-state index >= 15 is 0 Å². The maximum Gasteiger partial charge on any atom is 0.296 e. The molecule has 1 atom stereocenters. The molecule has 0 spiro atoms. The number of phenolic OH excluding ortho intramolecular Hbond substituents is 1. The van der Waals surface area contributed by atoms with Gasteiger partial charge in [-0.15, -0.1) is 0 Å². The van der Waals surface area contributed by atoms with Crippen LogP contribution in [0.2, 0.25) is 5.02 Å². The highest BCUT2D eigenvalue weighted by Gasteiger charge is 2.46. The van der Waals surface area contributed by atoms with Gasteiger partial charge in [0.05, 0.1) is 28.9 Å². The van der Waals surface area contributed by atoms with Crippen molar-refractivity contribution < 1.29 is 29.0 Å². The first-order valence-corrected chi connectivity index (χ1v) is 12.3. The van der Waals surface area contributed by atoms with E-state index in [1.165, 1.54) is 35.5 Å². The average molecular weight is 533 g/mol. The molecule has 37 heavy (non-hydrogen) atoms. The topological polar surface area (TPSA) is 113 Å². The Morgan fingerprint density at radius 1 is 1.11 bits per heavy atom. The van der Waals surface area contributed by atoms with Gasteiger partial charge in [0.2, 0.25) is 5.78 Å². The van der Waals surface area contributed by atoms with Gasteiger partial charge in [-0.05, 0) is 48.0 Å². The lowest BCUT2D eigenvalue weighted by atomic mass is 9.95. The first-order chi connectivity index (χ1) is 17.9. The lowest BCUT2D eigenvalue weighted by molar-refractivity contribution is -0.117. The van der Waals surface area contributed by atoms with Crippen molar-refractivity contribution in [3.8, 4) is 11.5 Å². The lowest BCUT2D eigenvalue weighted by Crippen LogP contribution is -2.30. The highest BCUT2D eigenvalue weighted by atomic mass is 35.5. The van der Waals surface area contributed by atoms with Gasteiger partial charge in [0.1, 0.15) is 5.75 Å². The van der Waals surface area contributed by atoms with Crippen LogP contribution >= 0.6 is 22.9 Å². The number of aromatic hydroxyl groups is 1. The largest absolute Gasteiger partial charge is 0.508 e. The number of anilines is 1. The maximum atomic E-state index is 13.8. The first kappa shape index (κ1) is 23.1. The smallest absolute Gasteiger partial charge is 0.296 e. The van der Waals surface area contributed by atoms with Crippen molar-refractivity contribution in [2.45, 2.75) is 6.04 Å². The zero-order chi connectivity index (χ0) is 25.8.